The lowest BCUT2D eigenvalue weighted by molar-refractivity contribution is 0.340. The van der Waals surface area contributed by atoms with Crippen molar-refractivity contribution < 1.29 is 4.74 Å². The van der Waals surface area contributed by atoms with E-state index in [9.17, 15) is 0 Å². The van der Waals surface area contributed by atoms with Crippen molar-refractivity contribution in [3.63, 3.8) is 0 Å². The van der Waals surface area contributed by atoms with Crippen LogP contribution in [0.1, 0.15) is 12.5 Å². The lowest BCUT2D eigenvalue weighted by atomic mass is 10.1. The standard InChI is InChI=1S/C22H20ClN3OS/c1-3-27-17-11-9-16(10-12-17)18-14-28-21-19(18)20(24-22(23)25-21)26(2)13-15-7-5-4-6-8-15/h4-12,14H,3,13H2,1-2H3. The monoisotopic (exact) mass is 409 g/mol. The van der Waals surface area contributed by atoms with E-state index < -0.39 is 0 Å². The van der Waals surface area contributed by atoms with E-state index in [2.05, 4.69) is 44.5 Å². The molecule has 4 nitrogen and oxygen atoms in total. The molecule has 28 heavy (non-hydrogen) atoms. The van der Waals surface area contributed by atoms with E-state index >= 15 is 0 Å². The van der Waals surface area contributed by atoms with Crippen LogP contribution in [0.2, 0.25) is 5.28 Å². The number of thiophene rings is 1. The second-order valence-electron chi connectivity index (χ2n) is 6.44. The fourth-order valence-corrected chi connectivity index (χ4v) is 4.37. The highest BCUT2D eigenvalue weighted by atomic mass is 35.5. The number of nitrogens with zero attached hydrogens (tertiary/aromatic N) is 3. The van der Waals surface area contributed by atoms with Gasteiger partial charge in [-0.15, -0.1) is 11.3 Å². The van der Waals surface area contributed by atoms with Crippen LogP contribution < -0.4 is 9.64 Å². The minimum atomic E-state index is 0.266. The third kappa shape index (κ3) is 3.81. The van der Waals surface area contributed by atoms with Crippen molar-refractivity contribution >= 4 is 39.0 Å². The number of hydrogen-bond acceptors (Lipinski definition) is 5. The summed E-state index contributed by atoms with van der Waals surface area (Å²) >= 11 is 7.80. The van der Waals surface area contributed by atoms with E-state index in [4.69, 9.17) is 16.3 Å². The van der Waals surface area contributed by atoms with Crippen LogP contribution in [0.4, 0.5) is 5.82 Å². The fraction of sp³-hybridized carbons (Fsp3) is 0.182. The van der Waals surface area contributed by atoms with Crippen LogP contribution in [-0.2, 0) is 6.54 Å². The Balaban J connectivity index is 1.77. The predicted octanol–water partition coefficient (Wildman–Crippen LogP) is 6.05. The molecule has 4 aromatic rings. The molecular formula is C22H20ClN3OS. The average Bonchev–Trinajstić information content (AvgIpc) is 3.12. The fourth-order valence-electron chi connectivity index (χ4n) is 3.22. The second-order valence-corrected chi connectivity index (χ2v) is 7.64. The number of hydrogen-bond donors (Lipinski definition) is 0. The quantitative estimate of drug-likeness (QED) is 0.363. The molecule has 0 fully saturated rings. The van der Waals surface area contributed by atoms with Gasteiger partial charge in [-0.1, -0.05) is 42.5 Å². The van der Waals surface area contributed by atoms with Gasteiger partial charge in [0.1, 0.15) is 16.4 Å². The van der Waals surface area contributed by atoms with Crippen LogP contribution >= 0.6 is 22.9 Å². The van der Waals surface area contributed by atoms with Gasteiger partial charge in [-0.25, -0.2) is 4.98 Å². The third-order valence-electron chi connectivity index (χ3n) is 4.49. The highest BCUT2D eigenvalue weighted by molar-refractivity contribution is 7.17. The molecule has 0 aliphatic rings. The van der Waals surface area contributed by atoms with Crippen LogP contribution in [0.25, 0.3) is 21.3 Å². The molecule has 2 aromatic heterocycles. The molecule has 0 N–H and O–H groups in total. The molecule has 6 heteroatoms. The normalized spacial score (nSPS) is 11.0. The Bertz CT molecular complexity index is 1080. The van der Waals surface area contributed by atoms with E-state index in [1.54, 1.807) is 11.3 Å². The van der Waals surface area contributed by atoms with E-state index in [1.165, 1.54) is 5.56 Å². The molecule has 0 amide bonds. The van der Waals surface area contributed by atoms with Crippen molar-refractivity contribution in [1.29, 1.82) is 0 Å². The molecule has 0 saturated carbocycles. The minimum absolute atomic E-state index is 0.266. The van der Waals surface area contributed by atoms with Gasteiger partial charge in [0.05, 0.1) is 12.0 Å². The van der Waals surface area contributed by atoms with Crippen LogP contribution in [0.3, 0.4) is 0 Å². The summed E-state index contributed by atoms with van der Waals surface area (Å²) in [6, 6.07) is 18.5. The Labute approximate surface area is 173 Å². The van der Waals surface area contributed by atoms with Crippen molar-refractivity contribution in [2.45, 2.75) is 13.5 Å². The van der Waals surface area contributed by atoms with E-state index in [-0.39, 0.29) is 5.28 Å². The van der Waals surface area contributed by atoms with Crippen molar-refractivity contribution in [2.24, 2.45) is 0 Å². The maximum atomic E-state index is 6.22. The lowest BCUT2D eigenvalue weighted by Gasteiger charge is -2.20. The van der Waals surface area contributed by atoms with Crippen molar-refractivity contribution in [3.8, 4) is 16.9 Å². The van der Waals surface area contributed by atoms with Gasteiger partial charge in [0.25, 0.3) is 0 Å². The smallest absolute Gasteiger partial charge is 0.225 e. The first-order valence-corrected chi connectivity index (χ1v) is 10.3. The molecule has 2 heterocycles. The summed E-state index contributed by atoms with van der Waals surface area (Å²) in [6.45, 7) is 3.37. The number of benzene rings is 2. The number of halogens is 1. The zero-order valence-electron chi connectivity index (χ0n) is 15.7. The maximum Gasteiger partial charge on any atom is 0.225 e. The SMILES string of the molecule is CCOc1ccc(-c2csc3nc(Cl)nc(N(C)Cc4ccccc4)c23)cc1. The molecule has 2 aromatic carbocycles. The molecule has 0 spiro atoms. The van der Waals surface area contributed by atoms with Crippen LogP contribution in [0, 0.1) is 0 Å². The van der Waals surface area contributed by atoms with Gasteiger partial charge in [-0.2, -0.15) is 4.98 Å². The number of fused-ring (bicyclic) bond motifs is 1. The molecule has 0 aliphatic heterocycles. The average molecular weight is 410 g/mol. The highest BCUT2D eigenvalue weighted by Crippen LogP contribution is 2.39. The van der Waals surface area contributed by atoms with Crippen molar-refractivity contribution in [2.75, 3.05) is 18.6 Å². The molecule has 0 radical (unpaired) electrons. The lowest BCUT2D eigenvalue weighted by Crippen LogP contribution is -2.18. The first-order chi connectivity index (χ1) is 13.7. The Hall–Kier alpha value is -2.63. The maximum absolute atomic E-state index is 6.22. The van der Waals surface area contributed by atoms with Crippen molar-refractivity contribution in [1.82, 2.24) is 9.97 Å². The summed E-state index contributed by atoms with van der Waals surface area (Å²) in [5, 5.41) is 3.41. The van der Waals surface area contributed by atoms with Gasteiger partial charge in [0.15, 0.2) is 0 Å². The Morgan fingerprint density at radius 2 is 1.79 bits per heavy atom. The predicted molar refractivity (Wildman–Crippen MR) is 118 cm³/mol. The summed E-state index contributed by atoms with van der Waals surface area (Å²) in [7, 11) is 2.03. The van der Waals surface area contributed by atoms with E-state index in [0.29, 0.717) is 6.61 Å². The molecule has 0 saturated heterocycles. The zero-order valence-corrected chi connectivity index (χ0v) is 17.3. The summed E-state index contributed by atoms with van der Waals surface area (Å²) < 4.78 is 5.56. The molecular weight excluding hydrogens is 390 g/mol. The summed E-state index contributed by atoms with van der Waals surface area (Å²) in [5.74, 6) is 1.70. The van der Waals surface area contributed by atoms with Crippen LogP contribution in [0.5, 0.6) is 5.75 Å². The third-order valence-corrected chi connectivity index (χ3v) is 5.53. The van der Waals surface area contributed by atoms with E-state index in [0.717, 1.165) is 39.5 Å². The Kier molecular flexibility index (Phi) is 5.46. The summed E-state index contributed by atoms with van der Waals surface area (Å²) in [5.41, 5.74) is 3.43. The van der Waals surface area contributed by atoms with Gasteiger partial charge in [-0.3, -0.25) is 0 Å². The molecule has 4 rings (SSSR count). The molecule has 0 bridgehead atoms. The van der Waals surface area contributed by atoms with Gasteiger partial charge < -0.3 is 9.64 Å². The Morgan fingerprint density at radius 3 is 2.50 bits per heavy atom. The molecule has 0 atom stereocenters. The number of anilines is 1. The van der Waals surface area contributed by atoms with Crippen LogP contribution in [0.15, 0.2) is 60.0 Å². The van der Waals surface area contributed by atoms with Gasteiger partial charge >= 0.3 is 0 Å². The minimum Gasteiger partial charge on any atom is -0.494 e. The zero-order chi connectivity index (χ0) is 19.5. The van der Waals surface area contributed by atoms with E-state index in [1.807, 2.05) is 44.3 Å². The summed E-state index contributed by atoms with van der Waals surface area (Å²) in [4.78, 5) is 12.0. The Morgan fingerprint density at radius 1 is 1.04 bits per heavy atom. The second kappa shape index (κ2) is 8.17. The van der Waals surface area contributed by atoms with Gasteiger partial charge in [0.2, 0.25) is 5.28 Å². The summed E-state index contributed by atoms with van der Waals surface area (Å²) in [6.07, 6.45) is 0. The topological polar surface area (TPSA) is 38.3 Å². The first-order valence-electron chi connectivity index (χ1n) is 9.08. The first kappa shape index (κ1) is 18.7. The number of ether oxygens (including phenoxy) is 1. The number of aromatic nitrogens is 2. The molecule has 142 valence electrons. The van der Waals surface area contributed by atoms with Gasteiger partial charge in [-0.05, 0) is 41.8 Å². The van der Waals surface area contributed by atoms with Crippen LogP contribution in [-0.4, -0.2) is 23.6 Å². The largest absolute Gasteiger partial charge is 0.494 e. The highest BCUT2D eigenvalue weighted by Gasteiger charge is 2.18. The molecule has 0 unspecified atom stereocenters. The molecule has 0 aliphatic carbocycles. The number of rotatable bonds is 6. The van der Waals surface area contributed by atoms with Gasteiger partial charge in [0, 0.05) is 24.5 Å². The van der Waals surface area contributed by atoms with Crippen molar-refractivity contribution in [3.05, 3.63) is 70.8 Å².